The van der Waals surface area contributed by atoms with Gasteiger partial charge in [0.05, 0.1) is 25.4 Å². The molecule has 312 valence electrons. The van der Waals surface area contributed by atoms with Crippen LogP contribution in [0.4, 0.5) is 0 Å². The number of rotatable bonds is 34. The topological polar surface area (TPSA) is 169 Å². The molecule has 0 radical (unpaired) electrons. The molecule has 1 saturated heterocycles. The molecule has 0 bridgehead atoms. The lowest BCUT2D eigenvalue weighted by molar-refractivity contribution is -0.302. The lowest BCUT2D eigenvalue weighted by atomic mass is 9.99. The van der Waals surface area contributed by atoms with Gasteiger partial charge in [0.15, 0.2) is 6.29 Å². The lowest BCUT2D eigenvalue weighted by Crippen LogP contribution is -2.60. The van der Waals surface area contributed by atoms with Gasteiger partial charge in [-0.05, 0) is 39.0 Å². The number of aliphatic hydroxyl groups excluding tert-OH is 6. The Kier molecular flexibility index (Phi) is 30.8. The third kappa shape index (κ3) is 24.0. The van der Waals surface area contributed by atoms with Crippen molar-refractivity contribution in [3.05, 3.63) is 23.8 Å². The molecule has 1 unspecified atom stereocenters. The fraction of sp³-hybridized carbons (Fsp3) is 0.884. The number of hydrogen-bond acceptors (Lipinski definition) is 9. The summed E-state index contributed by atoms with van der Waals surface area (Å²) in [5, 5.41) is 64.6. The number of amides is 1. The number of hydrogen-bond donors (Lipinski definition) is 7. The first-order valence-electron chi connectivity index (χ1n) is 21.6. The van der Waals surface area contributed by atoms with E-state index in [9.17, 15) is 35.4 Å². The Bertz CT molecular complexity index is 929. The van der Waals surface area contributed by atoms with E-state index in [2.05, 4.69) is 32.2 Å². The van der Waals surface area contributed by atoms with Crippen molar-refractivity contribution in [3.63, 3.8) is 0 Å². The predicted octanol–water partition coefficient (Wildman–Crippen LogP) is 7.30. The third-order valence-corrected chi connectivity index (χ3v) is 10.5. The molecule has 1 fully saturated rings. The molecule has 0 aromatic heterocycles. The maximum absolute atomic E-state index is 13.0. The zero-order valence-electron chi connectivity index (χ0n) is 33.9. The summed E-state index contributed by atoms with van der Waals surface area (Å²) in [5.74, 6) is -0.626. The molecule has 0 aromatic rings. The van der Waals surface area contributed by atoms with Crippen molar-refractivity contribution in [3.8, 4) is 0 Å². The summed E-state index contributed by atoms with van der Waals surface area (Å²) in [4.78, 5) is 13.0. The van der Waals surface area contributed by atoms with Gasteiger partial charge in [-0.3, -0.25) is 4.79 Å². The highest BCUT2D eigenvalue weighted by Gasteiger charge is 2.44. The van der Waals surface area contributed by atoms with Crippen molar-refractivity contribution in [2.75, 3.05) is 13.2 Å². The molecule has 10 heteroatoms. The fourth-order valence-corrected chi connectivity index (χ4v) is 6.83. The number of ether oxygens (including phenoxy) is 2. The van der Waals surface area contributed by atoms with Crippen molar-refractivity contribution in [2.45, 2.75) is 230 Å². The van der Waals surface area contributed by atoms with Crippen LogP contribution >= 0.6 is 0 Å². The minimum atomic E-state index is -1.61. The molecule has 0 aromatic carbocycles. The summed E-state index contributed by atoms with van der Waals surface area (Å²) in [6, 6.07) is -0.994. The van der Waals surface area contributed by atoms with Crippen LogP contribution in [0.5, 0.6) is 0 Å². The Balaban J connectivity index is 2.54. The predicted molar refractivity (Wildman–Crippen MR) is 213 cm³/mol. The summed E-state index contributed by atoms with van der Waals surface area (Å²) < 4.78 is 11.1. The van der Waals surface area contributed by atoms with Gasteiger partial charge in [-0.1, -0.05) is 166 Å². The van der Waals surface area contributed by atoms with E-state index in [-0.39, 0.29) is 6.61 Å². The van der Waals surface area contributed by atoms with Gasteiger partial charge in [-0.2, -0.15) is 0 Å². The van der Waals surface area contributed by atoms with E-state index >= 15 is 0 Å². The zero-order valence-corrected chi connectivity index (χ0v) is 33.9. The first-order valence-corrected chi connectivity index (χ1v) is 21.6. The van der Waals surface area contributed by atoms with Crippen LogP contribution < -0.4 is 5.32 Å². The molecule has 53 heavy (non-hydrogen) atoms. The number of nitrogens with one attached hydrogen (secondary N) is 1. The minimum Gasteiger partial charge on any atom is -0.394 e. The largest absolute Gasteiger partial charge is 0.394 e. The molecule has 1 heterocycles. The molecule has 1 aliphatic heterocycles. The second-order valence-corrected chi connectivity index (χ2v) is 15.5. The maximum Gasteiger partial charge on any atom is 0.249 e. The number of allylic oxidation sites excluding steroid dienone is 3. The van der Waals surface area contributed by atoms with E-state index in [4.69, 9.17) is 9.47 Å². The van der Waals surface area contributed by atoms with Crippen LogP contribution in [0.2, 0.25) is 0 Å². The summed E-state index contributed by atoms with van der Waals surface area (Å²) >= 11 is 0. The highest BCUT2D eigenvalue weighted by atomic mass is 16.7. The summed E-state index contributed by atoms with van der Waals surface area (Å²) in [6.07, 6.45) is 24.9. The normalized spacial score (nSPS) is 22.7. The van der Waals surface area contributed by atoms with Crippen LogP contribution in [-0.2, 0) is 14.3 Å². The molecule has 0 spiro atoms. The Morgan fingerprint density at radius 3 is 1.75 bits per heavy atom. The molecule has 0 saturated carbocycles. The molecule has 8 atom stereocenters. The van der Waals surface area contributed by atoms with E-state index in [0.717, 1.165) is 32.1 Å². The fourth-order valence-electron chi connectivity index (χ4n) is 6.83. The van der Waals surface area contributed by atoms with Gasteiger partial charge >= 0.3 is 0 Å². The van der Waals surface area contributed by atoms with Gasteiger partial charge < -0.3 is 45.4 Å². The SMILES string of the molecule is CCCCCCCCCCCCCCCCC(O)C(=O)N[C@H](CO[C@@H]1O[C@H](CO)[C@@H](O)[C@H](O)[C@H]1O)[C@@H](O)/C=C/CC/C=C(\C)CCCCCCCCC. The second kappa shape index (κ2) is 32.8. The van der Waals surface area contributed by atoms with Crippen LogP contribution in [0.25, 0.3) is 0 Å². The van der Waals surface area contributed by atoms with E-state index in [1.54, 1.807) is 6.08 Å². The van der Waals surface area contributed by atoms with Crippen molar-refractivity contribution in [2.24, 2.45) is 0 Å². The Hall–Kier alpha value is -1.37. The van der Waals surface area contributed by atoms with Crippen molar-refractivity contribution >= 4 is 5.91 Å². The van der Waals surface area contributed by atoms with Crippen molar-refractivity contribution < 1.29 is 44.9 Å². The Morgan fingerprint density at radius 2 is 1.23 bits per heavy atom. The smallest absolute Gasteiger partial charge is 0.249 e. The van der Waals surface area contributed by atoms with Gasteiger partial charge in [0, 0.05) is 0 Å². The Morgan fingerprint density at radius 1 is 0.717 bits per heavy atom. The van der Waals surface area contributed by atoms with Gasteiger partial charge in [0.1, 0.15) is 30.5 Å². The number of aliphatic hydroxyl groups is 6. The summed E-state index contributed by atoms with van der Waals surface area (Å²) in [7, 11) is 0. The number of carbonyl (C=O) groups excluding carboxylic acids is 1. The average molecular weight is 756 g/mol. The molecule has 1 amide bonds. The maximum atomic E-state index is 13.0. The van der Waals surface area contributed by atoms with E-state index < -0.39 is 61.5 Å². The summed E-state index contributed by atoms with van der Waals surface area (Å²) in [6.45, 7) is 5.72. The standard InChI is InChI=1S/C43H81NO9/c1-4-6-8-10-12-13-14-15-16-17-18-20-22-26-31-37(47)42(51)44-35(33-52-43-41(50)40(49)39(48)38(32-45)53-43)36(46)30-27-23-25-29-34(3)28-24-21-19-11-9-7-5-2/h27,29-30,35-41,43,45-50H,4-26,28,31-33H2,1-3H3,(H,44,51)/b30-27+,34-29+/t35-,36+,37?,38-,39-,40+,41-,43-/m1/s1. The monoisotopic (exact) mass is 756 g/mol. The molecule has 1 rings (SSSR count). The van der Waals surface area contributed by atoms with E-state index in [0.29, 0.717) is 19.3 Å². The van der Waals surface area contributed by atoms with Crippen molar-refractivity contribution in [1.29, 1.82) is 0 Å². The lowest BCUT2D eigenvalue weighted by Gasteiger charge is -2.40. The van der Waals surface area contributed by atoms with Crippen LogP contribution in [0.1, 0.15) is 181 Å². The highest BCUT2D eigenvalue weighted by molar-refractivity contribution is 5.80. The number of unbranched alkanes of at least 4 members (excludes halogenated alkanes) is 20. The van der Waals surface area contributed by atoms with Gasteiger partial charge in [0.2, 0.25) is 5.91 Å². The van der Waals surface area contributed by atoms with Gasteiger partial charge in [-0.25, -0.2) is 0 Å². The molecule has 1 aliphatic rings. The van der Waals surface area contributed by atoms with Crippen LogP contribution in [0.3, 0.4) is 0 Å². The van der Waals surface area contributed by atoms with Crippen LogP contribution in [0, 0.1) is 0 Å². The molecule has 7 N–H and O–H groups in total. The third-order valence-electron chi connectivity index (χ3n) is 10.5. The van der Waals surface area contributed by atoms with E-state index in [1.807, 2.05) is 6.08 Å². The minimum absolute atomic E-state index is 0.306. The molecule has 0 aliphatic carbocycles. The van der Waals surface area contributed by atoms with Gasteiger partial charge in [0.25, 0.3) is 0 Å². The van der Waals surface area contributed by atoms with E-state index in [1.165, 1.54) is 115 Å². The van der Waals surface area contributed by atoms with Crippen LogP contribution in [-0.4, -0.2) is 98.7 Å². The van der Waals surface area contributed by atoms with Gasteiger partial charge in [-0.15, -0.1) is 0 Å². The molecular formula is C43H81NO9. The number of carbonyl (C=O) groups is 1. The first kappa shape index (κ1) is 49.6. The quantitative estimate of drug-likeness (QED) is 0.0263. The molecular weight excluding hydrogens is 674 g/mol. The zero-order chi connectivity index (χ0) is 39.1. The highest BCUT2D eigenvalue weighted by Crippen LogP contribution is 2.23. The summed E-state index contributed by atoms with van der Waals surface area (Å²) in [5.41, 5.74) is 1.36. The van der Waals surface area contributed by atoms with Crippen LogP contribution in [0.15, 0.2) is 23.8 Å². The second-order valence-electron chi connectivity index (χ2n) is 15.5. The van der Waals surface area contributed by atoms with Crippen molar-refractivity contribution in [1.82, 2.24) is 5.32 Å². The first-order chi connectivity index (χ1) is 25.7. The Labute approximate surface area is 322 Å². The molecule has 10 nitrogen and oxygen atoms in total. The average Bonchev–Trinajstić information content (AvgIpc) is 3.15.